The number of hydrogen-bond acceptors (Lipinski definition) is 4. The van der Waals surface area contributed by atoms with Gasteiger partial charge in [0, 0.05) is 23.4 Å². The summed E-state index contributed by atoms with van der Waals surface area (Å²) in [6, 6.07) is 14.2. The molecule has 1 heterocycles. The summed E-state index contributed by atoms with van der Waals surface area (Å²) >= 11 is 0. The van der Waals surface area contributed by atoms with Crippen LogP contribution in [0.5, 0.6) is 5.75 Å². The summed E-state index contributed by atoms with van der Waals surface area (Å²) in [6.45, 7) is 0. The number of carbonyl (C=O) groups excluding carboxylic acids is 2. The van der Waals surface area contributed by atoms with Gasteiger partial charge in [0.05, 0.1) is 7.11 Å². The number of benzene rings is 2. The fraction of sp³-hybridized carbons (Fsp3) is 0.174. The molecule has 0 spiro atoms. The van der Waals surface area contributed by atoms with E-state index in [1.807, 2.05) is 24.3 Å². The molecular formula is C23H19FN2O4. The summed E-state index contributed by atoms with van der Waals surface area (Å²) in [6.07, 6.45) is 0.755. The number of hydrogen-bond donors (Lipinski definition) is 2. The van der Waals surface area contributed by atoms with Crippen LogP contribution in [0.2, 0.25) is 0 Å². The third kappa shape index (κ3) is 3.87. The number of ketones is 1. The molecular weight excluding hydrogens is 387 g/mol. The van der Waals surface area contributed by atoms with Crippen LogP contribution in [0.15, 0.2) is 59.4 Å². The molecule has 2 N–H and O–H groups in total. The molecule has 30 heavy (non-hydrogen) atoms. The van der Waals surface area contributed by atoms with Gasteiger partial charge in [-0.15, -0.1) is 0 Å². The highest BCUT2D eigenvalue weighted by Crippen LogP contribution is 2.32. The molecule has 0 saturated heterocycles. The summed E-state index contributed by atoms with van der Waals surface area (Å²) < 4.78 is 18.5. The van der Waals surface area contributed by atoms with Gasteiger partial charge in [0.2, 0.25) is 0 Å². The number of nitrogens with one attached hydrogen (secondary N) is 2. The van der Waals surface area contributed by atoms with E-state index >= 15 is 0 Å². The average molecular weight is 406 g/mol. The lowest BCUT2D eigenvalue weighted by molar-refractivity contribution is 0.0963. The second kappa shape index (κ2) is 7.94. The van der Waals surface area contributed by atoms with Crippen molar-refractivity contribution in [1.29, 1.82) is 0 Å². The average Bonchev–Trinajstić information content (AvgIpc) is 2.73. The standard InChI is InChI=1S/C23H19FN2O4/c1-30-17-7-5-13(6-8-17)14-9-20-18(21(27)10-14)12-19(23(29)26-20)22(28)25-16-4-2-3-15(24)11-16/h2-8,11-12,14H,9-10H2,1H3,(H,25,28)(H,26,29)/t14-/m0/s1. The zero-order chi connectivity index (χ0) is 21.3. The normalized spacial score (nSPS) is 15.4. The number of H-pyrrole nitrogens is 1. The highest BCUT2D eigenvalue weighted by molar-refractivity contribution is 6.06. The number of Topliss-reactive ketones (excluding diaryl/α,β-unsaturated/α-hetero) is 1. The second-order valence-electron chi connectivity index (χ2n) is 7.17. The van der Waals surface area contributed by atoms with Crippen LogP contribution in [0.4, 0.5) is 10.1 Å². The molecule has 2 aromatic carbocycles. The molecule has 1 atom stereocenters. The summed E-state index contributed by atoms with van der Waals surface area (Å²) in [7, 11) is 1.59. The Morgan fingerprint density at radius 3 is 2.57 bits per heavy atom. The highest BCUT2D eigenvalue weighted by atomic mass is 19.1. The van der Waals surface area contributed by atoms with Crippen molar-refractivity contribution in [3.05, 3.63) is 93.2 Å². The minimum Gasteiger partial charge on any atom is -0.497 e. The monoisotopic (exact) mass is 406 g/mol. The third-order valence-electron chi connectivity index (χ3n) is 5.22. The van der Waals surface area contributed by atoms with Gasteiger partial charge in [0.1, 0.15) is 17.1 Å². The van der Waals surface area contributed by atoms with Crippen molar-refractivity contribution < 1.29 is 18.7 Å². The Balaban J connectivity index is 1.60. The van der Waals surface area contributed by atoms with Crippen molar-refractivity contribution in [2.45, 2.75) is 18.8 Å². The fourth-order valence-corrected chi connectivity index (χ4v) is 3.68. The van der Waals surface area contributed by atoms with Gasteiger partial charge < -0.3 is 15.0 Å². The molecule has 1 aromatic heterocycles. The number of pyridine rings is 1. The summed E-state index contributed by atoms with van der Waals surface area (Å²) in [4.78, 5) is 40.5. The van der Waals surface area contributed by atoms with Crippen LogP contribution >= 0.6 is 0 Å². The van der Waals surface area contributed by atoms with E-state index in [-0.39, 0.29) is 29.4 Å². The first-order chi connectivity index (χ1) is 14.4. The van der Waals surface area contributed by atoms with Crippen molar-refractivity contribution in [3.8, 4) is 5.75 Å². The quantitative estimate of drug-likeness (QED) is 0.692. The maximum atomic E-state index is 13.3. The number of ether oxygens (including phenoxy) is 1. The van der Waals surface area contributed by atoms with Gasteiger partial charge in [0.25, 0.3) is 11.5 Å². The van der Waals surface area contributed by atoms with Crippen LogP contribution in [0.25, 0.3) is 0 Å². The lowest BCUT2D eigenvalue weighted by Gasteiger charge is -2.24. The number of halogens is 1. The summed E-state index contributed by atoms with van der Waals surface area (Å²) in [5.74, 6) is -0.697. The molecule has 0 saturated carbocycles. The van der Waals surface area contributed by atoms with Crippen LogP contribution in [0.1, 0.15) is 44.3 Å². The molecule has 0 radical (unpaired) electrons. The topological polar surface area (TPSA) is 88.3 Å². The first kappa shape index (κ1) is 19.6. The van der Waals surface area contributed by atoms with E-state index in [2.05, 4.69) is 10.3 Å². The first-order valence-corrected chi connectivity index (χ1v) is 9.45. The SMILES string of the molecule is COc1ccc([C@@H]2CC(=O)c3cc(C(=O)Nc4cccc(F)c4)c(=O)[nH]c3C2)cc1. The van der Waals surface area contributed by atoms with Crippen LogP contribution < -0.4 is 15.6 Å². The van der Waals surface area contributed by atoms with Crippen molar-refractivity contribution in [3.63, 3.8) is 0 Å². The molecule has 3 aromatic rings. The van der Waals surface area contributed by atoms with E-state index in [4.69, 9.17) is 4.74 Å². The third-order valence-corrected chi connectivity index (χ3v) is 5.22. The Labute approximate surface area is 171 Å². The van der Waals surface area contributed by atoms with E-state index in [0.717, 1.165) is 17.4 Å². The maximum Gasteiger partial charge on any atom is 0.261 e. The van der Waals surface area contributed by atoms with Crippen molar-refractivity contribution in [2.24, 2.45) is 0 Å². The number of methoxy groups -OCH3 is 1. The molecule has 152 valence electrons. The molecule has 0 fully saturated rings. The van der Waals surface area contributed by atoms with E-state index in [1.165, 1.54) is 24.3 Å². The zero-order valence-electron chi connectivity index (χ0n) is 16.2. The van der Waals surface area contributed by atoms with Gasteiger partial charge in [-0.25, -0.2) is 4.39 Å². The molecule has 7 heteroatoms. The number of rotatable bonds is 4. The number of carbonyl (C=O) groups is 2. The number of anilines is 1. The number of fused-ring (bicyclic) bond motifs is 1. The maximum absolute atomic E-state index is 13.3. The molecule has 1 aliphatic carbocycles. The number of aromatic amines is 1. The predicted octanol–water partition coefficient (Wildman–Crippen LogP) is 3.69. The Bertz CT molecular complexity index is 1180. The molecule has 0 aliphatic heterocycles. The Morgan fingerprint density at radius 1 is 1.10 bits per heavy atom. The summed E-state index contributed by atoms with van der Waals surface area (Å²) in [5.41, 5.74) is 1.27. The largest absolute Gasteiger partial charge is 0.497 e. The van der Waals surface area contributed by atoms with Gasteiger partial charge in [-0.3, -0.25) is 14.4 Å². The van der Waals surface area contributed by atoms with Gasteiger partial charge in [0.15, 0.2) is 5.78 Å². The van der Waals surface area contributed by atoms with Gasteiger partial charge >= 0.3 is 0 Å². The highest BCUT2D eigenvalue weighted by Gasteiger charge is 2.29. The Kier molecular flexibility index (Phi) is 5.18. The van der Waals surface area contributed by atoms with Crippen LogP contribution in [0, 0.1) is 5.82 Å². The predicted molar refractivity (Wildman–Crippen MR) is 110 cm³/mol. The number of aromatic nitrogens is 1. The van der Waals surface area contributed by atoms with E-state index in [1.54, 1.807) is 7.11 Å². The van der Waals surface area contributed by atoms with Crippen molar-refractivity contribution in [1.82, 2.24) is 4.98 Å². The lowest BCUT2D eigenvalue weighted by Crippen LogP contribution is -2.29. The smallest absolute Gasteiger partial charge is 0.261 e. The van der Waals surface area contributed by atoms with E-state index < -0.39 is 17.3 Å². The molecule has 6 nitrogen and oxygen atoms in total. The van der Waals surface area contributed by atoms with Gasteiger partial charge in [-0.2, -0.15) is 0 Å². The van der Waals surface area contributed by atoms with Crippen molar-refractivity contribution in [2.75, 3.05) is 12.4 Å². The fourth-order valence-electron chi connectivity index (χ4n) is 3.68. The number of amides is 1. The van der Waals surface area contributed by atoms with Gasteiger partial charge in [-0.1, -0.05) is 18.2 Å². The van der Waals surface area contributed by atoms with Crippen LogP contribution in [-0.4, -0.2) is 23.8 Å². The molecule has 4 rings (SSSR count). The minimum absolute atomic E-state index is 0.0708. The van der Waals surface area contributed by atoms with E-state index in [0.29, 0.717) is 17.7 Å². The van der Waals surface area contributed by atoms with Crippen LogP contribution in [-0.2, 0) is 6.42 Å². The molecule has 0 unspecified atom stereocenters. The lowest BCUT2D eigenvalue weighted by atomic mass is 9.81. The van der Waals surface area contributed by atoms with Crippen molar-refractivity contribution >= 4 is 17.4 Å². The van der Waals surface area contributed by atoms with Crippen LogP contribution in [0.3, 0.4) is 0 Å². The minimum atomic E-state index is -0.699. The summed E-state index contributed by atoms with van der Waals surface area (Å²) in [5, 5.41) is 2.48. The second-order valence-corrected chi connectivity index (χ2v) is 7.17. The molecule has 0 bridgehead atoms. The Hall–Kier alpha value is -3.74. The molecule has 1 aliphatic rings. The Morgan fingerprint density at radius 2 is 1.87 bits per heavy atom. The van der Waals surface area contributed by atoms with E-state index in [9.17, 15) is 18.8 Å². The molecule has 1 amide bonds. The van der Waals surface area contributed by atoms with Gasteiger partial charge in [-0.05, 0) is 54.3 Å². The zero-order valence-corrected chi connectivity index (χ0v) is 16.2. The first-order valence-electron chi connectivity index (χ1n) is 9.45.